The lowest BCUT2D eigenvalue weighted by Crippen LogP contribution is -2.20. The molecule has 0 aromatic carbocycles. The second-order valence-corrected chi connectivity index (χ2v) is 4.39. The van der Waals surface area contributed by atoms with Crippen LogP contribution in [0.3, 0.4) is 0 Å². The van der Waals surface area contributed by atoms with Gasteiger partial charge in [0.1, 0.15) is 0 Å². The average Bonchev–Trinajstić information content (AvgIpc) is 2.63. The van der Waals surface area contributed by atoms with Crippen LogP contribution in [0.4, 0.5) is 0 Å². The van der Waals surface area contributed by atoms with E-state index < -0.39 is 0 Å². The van der Waals surface area contributed by atoms with E-state index in [1.54, 1.807) is 0 Å². The largest absolute Gasteiger partial charge is 0.330 e. The Morgan fingerprint density at radius 3 is 2.58 bits per heavy atom. The Morgan fingerprint density at radius 1 is 1.67 bits per heavy atom. The van der Waals surface area contributed by atoms with Crippen molar-refractivity contribution in [1.82, 2.24) is 5.32 Å². The molecular formula is C9H12INO. The summed E-state index contributed by atoms with van der Waals surface area (Å²) >= 11 is 2.14. The summed E-state index contributed by atoms with van der Waals surface area (Å²) in [5, 5.41) is 2.83. The van der Waals surface area contributed by atoms with E-state index in [9.17, 15) is 4.79 Å². The average molecular weight is 277 g/mol. The zero-order chi connectivity index (χ0) is 9.14. The summed E-state index contributed by atoms with van der Waals surface area (Å²) < 4.78 is 0.961. The van der Waals surface area contributed by atoms with E-state index in [-0.39, 0.29) is 5.91 Å². The van der Waals surface area contributed by atoms with Crippen LogP contribution in [-0.4, -0.2) is 5.91 Å². The molecule has 0 aliphatic heterocycles. The van der Waals surface area contributed by atoms with Gasteiger partial charge in [0.25, 0.3) is 0 Å². The van der Waals surface area contributed by atoms with Gasteiger partial charge in [-0.2, -0.15) is 0 Å². The van der Waals surface area contributed by atoms with Gasteiger partial charge in [-0.3, -0.25) is 4.79 Å². The molecule has 0 aromatic heterocycles. The third-order valence-electron chi connectivity index (χ3n) is 1.65. The normalized spacial score (nSPS) is 17.3. The van der Waals surface area contributed by atoms with Gasteiger partial charge in [-0.25, -0.2) is 0 Å². The Hall–Kier alpha value is -0.320. The maximum absolute atomic E-state index is 10.8. The van der Waals surface area contributed by atoms with Crippen molar-refractivity contribution in [3.63, 3.8) is 0 Å². The minimum Gasteiger partial charge on any atom is -0.330 e. The van der Waals surface area contributed by atoms with Crippen molar-refractivity contribution in [2.45, 2.75) is 19.8 Å². The van der Waals surface area contributed by atoms with Gasteiger partial charge in [0.2, 0.25) is 5.91 Å². The summed E-state index contributed by atoms with van der Waals surface area (Å²) in [5.74, 6) is 0.575. The summed E-state index contributed by atoms with van der Waals surface area (Å²) in [4.78, 5) is 10.8. The molecule has 1 N–H and O–H groups in total. The Bertz CT molecular complexity index is 241. The number of allylic oxidation sites excluding steroid dienone is 3. The quantitative estimate of drug-likeness (QED) is 0.622. The molecular weight excluding hydrogens is 265 g/mol. The first-order valence-electron chi connectivity index (χ1n) is 3.93. The van der Waals surface area contributed by atoms with Crippen LogP contribution in [0.25, 0.3) is 0 Å². The monoisotopic (exact) mass is 277 g/mol. The van der Waals surface area contributed by atoms with Crippen molar-refractivity contribution in [2.75, 3.05) is 0 Å². The minimum absolute atomic E-state index is 0.00537. The van der Waals surface area contributed by atoms with Crippen molar-refractivity contribution in [2.24, 2.45) is 5.92 Å². The fourth-order valence-corrected chi connectivity index (χ4v) is 1.36. The lowest BCUT2D eigenvalue weighted by Gasteiger charge is -2.05. The molecule has 1 fully saturated rings. The summed E-state index contributed by atoms with van der Waals surface area (Å²) in [6, 6.07) is 0. The van der Waals surface area contributed by atoms with Gasteiger partial charge in [0, 0.05) is 16.2 Å². The minimum atomic E-state index is 0.00537. The maximum Gasteiger partial charge on any atom is 0.221 e. The van der Waals surface area contributed by atoms with E-state index in [1.807, 2.05) is 6.08 Å². The molecule has 1 rings (SSSR count). The van der Waals surface area contributed by atoms with Crippen LogP contribution in [0.2, 0.25) is 0 Å². The van der Waals surface area contributed by atoms with Crippen molar-refractivity contribution in [3.8, 4) is 0 Å². The predicted molar refractivity (Wildman–Crippen MR) is 57.8 cm³/mol. The fraction of sp³-hybridized carbons (Fsp3) is 0.444. The Labute approximate surface area is 86.2 Å². The topological polar surface area (TPSA) is 29.1 Å². The molecule has 0 radical (unpaired) electrons. The molecule has 2 nitrogen and oxygen atoms in total. The molecule has 1 aliphatic rings. The van der Waals surface area contributed by atoms with E-state index in [4.69, 9.17) is 0 Å². The van der Waals surface area contributed by atoms with Crippen LogP contribution >= 0.6 is 22.6 Å². The molecule has 1 saturated carbocycles. The van der Waals surface area contributed by atoms with E-state index >= 15 is 0 Å². The van der Waals surface area contributed by atoms with Gasteiger partial charge in [-0.15, -0.1) is 0 Å². The van der Waals surface area contributed by atoms with E-state index in [2.05, 4.69) is 34.5 Å². The molecule has 1 amide bonds. The summed E-state index contributed by atoms with van der Waals surface area (Å²) in [6.45, 7) is 5.31. The standard InChI is InChI=1S/C9H12INO/c1-6(10)5-9(8-3-4-8)11-7(2)12/h5,8H,1,3-4H2,2H3,(H,11,12)/b9-5-. The molecule has 1 aliphatic carbocycles. The molecule has 3 heteroatoms. The Morgan fingerprint density at radius 2 is 2.25 bits per heavy atom. The van der Waals surface area contributed by atoms with Crippen LogP contribution in [0.1, 0.15) is 19.8 Å². The van der Waals surface area contributed by atoms with Crippen LogP contribution < -0.4 is 5.32 Å². The second kappa shape index (κ2) is 4.07. The zero-order valence-corrected chi connectivity index (χ0v) is 9.22. The predicted octanol–water partition coefficient (Wildman–Crippen LogP) is 2.37. The third-order valence-corrected chi connectivity index (χ3v) is 1.96. The number of hydrogen-bond acceptors (Lipinski definition) is 1. The van der Waals surface area contributed by atoms with Gasteiger partial charge in [0.05, 0.1) is 0 Å². The van der Waals surface area contributed by atoms with Crippen LogP contribution in [0.15, 0.2) is 21.9 Å². The Kier molecular flexibility index (Phi) is 3.31. The number of carbonyl (C=O) groups is 1. The van der Waals surface area contributed by atoms with Crippen LogP contribution in [0, 0.1) is 5.92 Å². The van der Waals surface area contributed by atoms with E-state index in [0.717, 1.165) is 9.28 Å². The van der Waals surface area contributed by atoms with Crippen molar-refractivity contribution < 1.29 is 4.79 Å². The first-order valence-corrected chi connectivity index (χ1v) is 5.01. The maximum atomic E-state index is 10.8. The van der Waals surface area contributed by atoms with E-state index in [0.29, 0.717) is 5.92 Å². The molecule has 0 aromatic rings. The highest BCUT2D eigenvalue weighted by atomic mass is 127. The number of carbonyl (C=O) groups excluding carboxylic acids is 1. The lowest BCUT2D eigenvalue weighted by molar-refractivity contribution is -0.118. The molecule has 12 heavy (non-hydrogen) atoms. The van der Waals surface area contributed by atoms with Crippen molar-refractivity contribution in [1.29, 1.82) is 0 Å². The summed E-state index contributed by atoms with van der Waals surface area (Å²) in [5.41, 5.74) is 1.03. The molecule has 0 unspecified atom stereocenters. The number of halogens is 1. The first-order chi connectivity index (χ1) is 5.59. The van der Waals surface area contributed by atoms with Crippen LogP contribution in [0.5, 0.6) is 0 Å². The molecule has 0 bridgehead atoms. The van der Waals surface area contributed by atoms with Gasteiger partial charge in [-0.1, -0.05) is 6.58 Å². The second-order valence-electron chi connectivity index (χ2n) is 3.00. The molecule has 0 atom stereocenters. The third kappa shape index (κ3) is 3.38. The van der Waals surface area contributed by atoms with Gasteiger partial charge in [0.15, 0.2) is 0 Å². The molecule has 66 valence electrons. The number of hydrogen-bond donors (Lipinski definition) is 1. The van der Waals surface area contributed by atoms with Crippen molar-refractivity contribution >= 4 is 28.5 Å². The fourth-order valence-electron chi connectivity index (χ4n) is 1.02. The number of rotatable bonds is 3. The molecule has 0 spiro atoms. The van der Waals surface area contributed by atoms with E-state index in [1.165, 1.54) is 19.8 Å². The van der Waals surface area contributed by atoms with Gasteiger partial charge in [-0.05, 0) is 47.4 Å². The van der Waals surface area contributed by atoms with Gasteiger partial charge >= 0.3 is 0 Å². The van der Waals surface area contributed by atoms with Gasteiger partial charge < -0.3 is 5.32 Å². The highest BCUT2D eigenvalue weighted by Gasteiger charge is 2.26. The molecule has 0 heterocycles. The Balaban J connectivity index is 2.60. The molecule has 0 saturated heterocycles. The zero-order valence-electron chi connectivity index (χ0n) is 7.06. The summed E-state index contributed by atoms with van der Waals surface area (Å²) in [7, 11) is 0. The first kappa shape index (κ1) is 9.77. The highest BCUT2D eigenvalue weighted by molar-refractivity contribution is 14.1. The van der Waals surface area contributed by atoms with Crippen LogP contribution in [-0.2, 0) is 4.79 Å². The highest BCUT2D eigenvalue weighted by Crippen LogP contribution is 2.35. The van der Waals surface area contributed by atoms with Crippen molar-refractivity contribution in [3.05, 3.63) is 21.9 Å². The SMILES string of the molecule is C=C(I)/C=C(\NC(C)=O)C1CC1. The lowest BCUT2D eigenvalue weighted by atomic mass is 10.2. The smallest absolute Gasteiger partial charge is 0.221 e. The number of nitrogens with one attached hydrogen (secondary N) is 1. The number of amides is 1. The summed E-state index contributed by atoms with van der Waals surface area (Å²) in [6.07, 6.45) is 4.33.